The maximum atomic E-state index is 9.93. The van der Waals surface area contributed by atoms with E-state index in [4.69, 9.17) is 15.1 Å². The predicted molar refractivity (Wildman–Crippen MR) is 78.3 cm³/mol. The lowest BCUT2D eigenvalue weighted by Gasteiger charge is -2.42. The second-order valence-corrected chi connectivity index (χ2v) is 11.2. The zero-order valence-electron chi connectivity index (χ0n) is 12.8. The van der Waals surface area contributed by atoms with Crippen LogP contribution >= 0.6 is 0 Å². The van der Waals surface area contributed by atoms with Gasteiger partial charge in [-0.2, -0.15) is 0 Å². The van der Waals surface area contributed by atoms with Gasteiger partial charge in [-0.15, -0.1) is 0 Å². The Hall–Kier alpha value is -0.593. The molecule has 6 nitrogen and oxygen atoms in total. The van der Waals surface area contributed by atoms with Crippen molar-refractivity contribution in [3.63, 3.8) is 0 Å². The van der Waals surface area contributed by atoms with Crippen molar-refractivity contribution in [2.24, 2.45) is 11.0 Å². The van der Waals surface area contributed by atoms with Crippen LogP contribution in [0.3, 0.4) is 0 Å². The molecule has 0 spiro atoms. The molecule has 19 heavy (non-hydrogen) atoms. The minimum absolute atomic E-state index is 0.0125. The lowest BCUT2D eigenvalue weighted by Crippen LogP contribution is -2.50. The Morgan fingerprint density at radius 3 is 2.26 bits per heavy atom. The van der Waals surface area contributed by atoms with Crippen LogP contribution < -0.4 is 0 Å². The molecule has 0 aromatic rings. The summed E-state index contributed by atoms with van der Waals surface area (Å²) in [6.45, 7) is 12.2. The zero-order valence-corrected chi connectivity index (χ0v) is 13.8. The van der Waals surface area contributed by atoms with Crippen molar-refractivity contribution in [3.8, 4) is 0 Å². The molecule has 0 amide bonds. The standard InChI is InChI=1S/C12H27N3O3Si/c1-9(7-14-15-13)11(10(17)8-16)18-19(5,6)12(2,3)4/h9-11,16-17H,7-8H2,1-6H3/t9-,10+,11+/m0/s1. The van der Waals surface area contributed by atoms with Gasteiger partial charge in [0.2, 0.25) is 0 Å². The lowest BCUT2D eigenvalue weighted by atomic mass is 10.0. The summed E-state index contributed by atoms with van der Waals surface area (Å²) in [5.41, 5.74) is 8.37. The fourth-order valence-electron chi connectivity index (χ4n) is 1.46. The molecule has 0 aliphatic rings. The van der Waals surface area contributed by atoms with Crippen molar-refractivity contribution in [2.75, 3.05) is 13.2 Å². The first-order valence-electron chi connectivity index (χ1n) is 6.54. The molecule has 0 radical (unpaired) electrons. The fraction of sp³-hybridized carbons (Fsp3) is 1.00. The van der Waals surface area contributed by atoms with Gasteiger partial charge in [-0.3, -0.25) is 0 Å². The molecule has 7 heteroatoms. The van der Waals surface area contributed by atoms with E-state index in [2.05, 4.69) is 43.9 Å². The maximum absolute atomic E-state index is 9.93. The Kier molecular flexibility index (Phi) is 7.03. The molecule has 0 aliphatic heterocycles. The SMILES string of the molecule is C[C@@H](CN=[N+]=[N-])[C@@H](O[Si](C)(C)C(C)(C)C)[C@H](O)CO. The van der Waals surface area contributed by atoms with Gasteiger partial charge in [0.25, 0.3) is 0 Å². The van der Waals surface area contributed by atoms with Crippen LogP contribution in [0.2, 0.25) is 18.1 Å². The zero-order chi connectivity index (χ0) is 15.3. The molecule has 0 saturated carbocycles. The highest BCUT2D eigenvalue weighted by atomic mass is 28.4. The van der Waals surface area contributed by atoms with Crippen molar-refractivity contribution in [1.29, 1.82) is 0 Å². The highest BCUT2D eigenvalue weighted by molar-refractivity contribution is 6.74. The van der Waals surface area contributed by atoms with Crippen LogP contribution in [0, 0.1) is 5.92 Å². The molecular weight excluding hydrogens is 262 g/mol. The van der Waals surface area contributed by atoms with Crippen molar-refractivity contribution >= 4 is 8.32 Å². The number of hydrogen-bond acceptors (Lipinski definition) is 4. The highest BCUT2D eigenvalue weighted by Gasteiger charge is 2.41. The van der Waals surface area contributed by atoms with Crippen molar-refractivity contribution in [1.82, 2.24) is 0 Å². The second-order valence-electron chi connectivity index (χ2n) is 6.48. The number of aliphatic hydroxyl groups excluding tert-OH is 2. The van der Waals surface area contributed by atoms with E-state index in [1.165, 1.54) is 0 Å². The van der Waals surface area contributed by atoms with E-state index in [1.54, 1.807) is 0 Å². The number of azide groups is 1. The van der Waals surface area contributed by atoms with Crippen molar-refractivity contribution < 1.29 is 14.6 Å². The Labute approximate surface area is 116 Å². The van der Waals surface area contributed by atoms with Gasteiger partial charge in [-0.25, -0.2) is 0 Å². The van der Waals surface area contributed by atoms with Crippen LogP contribution in [0.4, 0.5) is 0 Å². The van der Waals surface area contributed by atoms with E-state index in [9.17, 15) is 5.11 Å². The van der Waals surface area contributed by atoms with Crippen LogP contribution in [-0.4, -0.2) is 43.9 Å². The molecule has 0 rings (SSSR count). The smallest absolute Gasteiger partial charge is 0.192 e. The minimum Gasteiger partial charge on any atom is -0.411 e. The summed E-state index contributed by atoms with van der Waals surface area (Å²) in [6, 6.07) is 0. The molecular formula is C12H27N3O3Si. The summed E-state index contributed by atoms with van der Waals surface area (Å²) >= 11 is 0. The largest absolute Gasteiger partial charge is 0.411 e. The molecule has 0 bridgehead atoms. The van der Waals surface area contributed by atoms with E-state index in [0.717, 1.165) is 0 Å². The monoisotopic (exact) mass is 289 g/mol. The first-order chi connectivity index (χ1) is 8.56. The summed E-state index contributed by atoms with van der Waals surface area (Å²) in [7, 11) is -2.05. The third-order valence-corrected chi connectivity index (χ3v) is 8.27. The molecule has 0 saturated heterocycles. The van der Waals surface area contributed by atoms with Gasteiger partial charge in [-0.1, -0.05) is 32.8 Å². The number of aliphatic hydroxyl groups is 2. The van der Waals surface area contributed by atoms with Crippen LogP contribution in [0.25, 0.3) is 10.4 Å². The molecule has 0 aromatic carbocycles. The predicted octanol–water partition coefficient (Wildman–Crippen LogP) is 2.68. The Bertz CT molecular complexity index is 325. The molecule has 0 aliphatic carbocycles. The summed E-state index contributed by atoms with van der Waals surface area (Å²) in [5.74, 6) is -0.146. The highest BCUT2D eigenvalue weighted by Crippen LogP contribution is 2.38. The van der Waals surface area contributed by atoms with Gasteiger partial charge in [0.05, 0.1) is 12.7 Å². The first kappa shape index (κ1) is 18.4. The quantitative estimate of drug-likeness (QED) is 0.326. The molecule has 2 N–H and O–H groups in total. The normalized spacial score (nSPS) is 17.5. The molecule has 3 atom stereocenters. The summed E-state index contributed by atoms with van der Waals surface area (Å²) in [6.07, 6.45) is -1.48. The van der Waals surface area contributed by atoms with Crippen molar-refractivity contribution in [2.45, 2.75) is 58.0 Å². The van der Waals surface area contributed by atoms with Crippen LogP contribution in [0.5, 0.6) is 0 Å². The number of nitrogens with zero attached hydrogens (tertiary/aromatic N) is 3. The molecule has 0 heterocycles. The Morgan fingerprint density at radius 1 is 1.37 bits per heavy atom. The molecule has 0 aromatic heterocycles. The Morgan fingerprint density at radius 2 is 1.89 bits per heavy atom. The lowest BCUT2D eigenvalue weighted by molar-refractivity contribution is -0.0301. The third-order valence-electron chi connectivity index (χ3n) is 3.80. The summed E-state index contributed by atoms with van der Waals surface area (Å²) in [4.78, 5) is 2.73. The first-order valence-corrected chi connectivity index (χ1v) is 9.45. The van der Waals surface area contributed by atoms with Gasteiger partial charge in [-0.05, 0) is 29.6 Å². The van der Waals surface area contributed by atoms with E-state index in [-0.39, 0.29) is 24.1 Å². The van der Waals surface area contributed by atoms with Gasteiger partial charge in [0.1, 0.15) is 6.10 Å². The average Bonchev–Trinajstić information content (AvgIpc) is 2.30. The second kappa shape index (κ2) is 7.26. The van der Waals surface area contributed by atoms with E-state index in [1.807, 2.05) is 6.92 Å². The van der Waals surface area contributed by atoms with E-state index >= 15 is 0 Å². The molecule has 0 fully saturated rings. The van der Waals surface area contributed by atoms with E-state index < -0.39 is 20.5 Å². The van der Waals surface area contributed by atoms with Gasteiger partial charge < -0.3 is 14.6 Å². The molecule has 112 valence electrons. The third kappa shape index (κ3) is 5.50. The number of rotatable bonds is 7. The van der Waals surface area contributed by atoms with Gasteiger partial charge >= 0.3 is 0 Å². The molecule has 0 unspecified atom stereocenters. The van der Waals surface area contributed by atoms with Gasteiger partial charge in [0, 0.05) is 11.5 Å². The van der Waals surface area contributed by atoms with Crippen LogP contribution in [0.1, 0.15) is 27.7 Å². The minimum atomic E-state index is -2.05. The Balaban J connectivity index is 5.02. The summed E-state index contributed by atoms with van der Waals surface area (Å²) < 4.78 is 6.16. The topological polar surface area (TPSA) is 98.5 Å². The average molecular weight is 289 g/mol. The van der Waals surface area contributed by atoms with Crippen LogP contribution in [-0.2, 0) is 4.43 Å². The van der Waals surface area contributed by atoms with Crippen molar-refractivity contribution in [3.05, 3.63) is 10.4 Å². The summed E-state index contributed by atoms with van der Waals surface area (Å²) in [5, 5.41) is 22.6. The number of hydrogen-bond donors (Lipinski definition) is 2. The van der Waals surface area contributed by atoms with E-state index in [0.29, 0.717) is 0 Å². The fourth-order valence-corrected chi connectivity index (χ4v) is 2.89. The maximum Gasteiger partial charge on any atom is 0.192 e. The van der Waals surface area contributed by atoms with Gasteiger partial charge in [0.15, 0.2) is 8.32 Å². The van der Waals surface area contributed by atoms with Crippen LogP contribution in [0.15, 0.2) is 5.11 Å².